The number of nitrogens with one attached hydrogen (secondary N) is 1. The van der Waals surface area contributed by atoms with Crippen molar-refractivity contribution in [2.24, 2.45) is 0 Å². The maximum Gasteiger partial charge on any atom is 0.409 e. The molecule has 0 spiro atoms. The van der Waals surface area contributed by atoms with Gasteiger partial charge in [0.2, 0.25) is 5.91 Å². The van der Waals surface area contributed by atoms with Gasteiger partial charge in [-0.3, -0.25) is 4.79 Å². The van der Waals surface area contributed by atoms with E-state index in [1.807, 2.05) is 0 Å². The molecule has 1 aliphatic heterocycles. The lowest BCUT2D eigenvalue weighted by molar-refractivity contribution is -0.144. The quantitative estimate of drug-likeness (QED) is 0.752. The second-order valence-corrected chi connectivity index (χ2v) is 5.43. The van der Waals surface area contributed by atoms with Crippen LogP contribution < -0.4 is 5.32 Å². The van der Waals surface area contributed by atoms with Crippen molar-refractivity contribution in [2.45, 2.75) is 44.3 Å². The van der Waals surface area contributed by atoms with Crippen molar-refractivity contribution >= 4 is 12.0 Å². The smallest absolute Gasteiger partial charge is 0.409 e. The predicted molar refractivity (Wildman–Crippen MR) is 75.9 cm³/mol. The van der Waals surface area contributed by atoms with E-state index in [2.05, 4.69) is 5.32 Å². The molecular formula is C14H23F3N2O4. The number of halogens is 3. The van der Waals surface area contributed by atoms with Crippen molar-refractivity contribution in [3.8, 4) is 0 Å². The molecule has 0 saturated carbocycles. The number of hydrogen-bond acceptors (Lipinski definition) is 4. The molecule has 0 unspecified atom stereocenters. The van der Waals surface area contributed by atoms with Crippen LogP contribution in [0, 0.1) is 0 Å². The Morgan fingerprint density at radius 2 is 2.00 bits per heavy atom. The van der Waals surface area contributed by atoms with Crippen LogP contribution >= 0.6 is 0 Å². The van der Waals surface area contributed by atoms with Gasteiger partial charge in [-0.1, -0.05) is 0 Å². The van der Waals surface area contributed by atoms with Gasteiger partial charge in [0, 0.05) is 32.7 Å². The number of nitrogens with zero attached hydrogens (tertiary/aromatic N) is 1. The van der Waals surface area contributed by atoms with Crippen LogP contribution in [-0.2, 0) is 14.3 Å². The summed E-state index contributed by atoms with van der Waals surface area (Å²) in [5.74, 6) is -0.651. The molecule has 6 nitrogen and oxygen atoms in total. The van der Waals surface area contributed by atoms with Gasteiger partial charge in [-0.05, 0) is 19.3 Å². The minimum atomic E-state index is -4.35. The molecule has 1 N–H and O–H groups in total. The van der Waals surface area contributed by atoms with E-state index < -0.39 is 31.0 Å². The highest BCUT2D eigenvalue weighted by atomic mass is 19.4. The monoisotopic (exact) mass is 340 g/mol. The Kier molecular flexibility index (Phi) is 8.15. The number of methoxy groups -OCH3 is 1. The molecule has 1 rings (SSSR count). The molecule has 9 heteroatoms. The minimum absolute atomic E-state index is 0.133. The lowest BCUT2D eigenvalue weighted by Gasteiger charge is -2.24. The Bertz CT molecular complexity index is 391. The zero-order chi connectivity index (χ0) is 17.3. The van der Waals surface area contributed by atoms with Gasteiger partial charge in [-0.15, -0.1) is 0 Å². The van der Waals surface area contributed by atoms with Crippen molar-refractivity contribution in [3.05, 3.63) is 0 Å². The van der Waals surface area contributed by atoms with Gasteiger partial charge in [0.05, 0.1) is 13.0 Å². The number of rotatable bonds is 6. The van der Waals surface area contributed by atoms with Gasteiger partial charge >= 0.3 is 12.3 Å². The fourth-order valence-electron chi connectivity index (χ4n) is 2.28. The van der Waals surface area contributed by atoms with Gasteiger partial charge in [0.15, 0.2) is 0 Å². The lowest BCUT2D eigenvalue weighted by Crippen LogP contribution is -2.45. The molecule has 0 bridgehead atoms. The highest BCUT2D eigenvalue weighted by Crippen LogP contribution is 2.21. The summed E-state index contributed by atoms with van der Waals surface area (Å²) in [6, 6.07) is -0.354. The highest BCUT2D eigenvalue weighted by Gasteiger charge is 2.29. The van der Waals surface area contributed by atoms with E-state index in [0.717, 1.165) is 12.8 Å². The largest absolute Gasteiger partial charge is 0.447 e. The van der Waals surface area contributed by atoms with Crippen LogP contribution in [0.5, 0.6) is 0 Å². The summed E-state index contributed by atoms with van der Waals surface area (Å²) < 4.78 is 46.2. The van der Waals surface area contributed by atoms with Crippen LogP contribution in [0.4, 0.5) is 18.0 Å². The van der Waals surface area contributed by atoms with Crippen LogP contribution in [-0.4, -0.2) is 62.5 Å². The molecule has 1 saturated heterocycles. The third-order valence-electron chi connectivity index (χ3n) is 3.44. The summed E-state index contributed by atoms with van der Waals surface area (Å²) in [5.41, 5.74) is 0. The first-order valence-corrected chi connectivity index (χ1v) is 7.58. The maximum absolute atomic E-state index is 12.1. The summed E-state index contributed by atoms with van der Waals surface area (Å²) >= 11 is 0. The summed E-state index contributed by atoms with van der Waals surface area (Å²) in [7, 11) is 1.49. The summed E-state index contributed by atoms with van der Waals surface area (Å²) in [4.78, 5) is 25.0. The van der Waals surface area contributed by atoms with E-state index in [4.69, 9.17) is 9.47 Å². The number of amides is 2. The number of carbonyl (C=O) groups is 2. The van der Waals surface area contributed by atoms with Crippen LogP contribution in [0.15, 0.2) is 0 Å². The summed E-state index contributed by atoms with van der Waals surface area (Å²) in [5, 5.41) is 2.57. The first-order chi connectivity index (χ1) is 10.8. The van der Waals surface area contributed by atoms with Crippen molar-refractivity contribution < 1.29 is 32.2 Å². The number of likely N-dealkylation sites (tertiary alicyclic amines) is 1. The van der Waals surface area contributed by atoms with Crippen molar-refractivity contribution in [1.82, 2.24) is 10.2 Å². The van der Waals surface area contributed by atoms with E-state index in [1.165, 1.54) is 12.0 Å². The molecular weight excluding hydrogens is 317 g/mol. The van der Waals surface area contributed by atoms with Crippen LogP contribution in [0.2, 0.25) is 0 Å². The molecule has 1 fully saturated rings. The topological polar surface area (TPSA) is 67.9 Å². The van der Waals surface area contributed by atoms with E-state index in [1.54, 1.807) is 0 Å². The lowest BCUT2D eigenvalue weighted by atomic mass is 10.1. The highest BCUT2D eigenvalue weighted by molar-refractivity contribution is 5.76. The number of alkyl halides is 3. The minimum Gasteiger partial charge on any atom is -0.447 e. The fourth-order valence-corrected chi connectivity index (χ4v) is 2.28. The average molecular weight is 340 g/mol. The Morgan fingerprint density at radius 1 is 1.26 bits per heavy atom. The molecule has 0 aromatic carbocycles. The molecule has 1 atom stereocenters. The third-order valence-corrected chi connectivity index (χ3v) is 3.44. The Hall–Kier alpha value is -1.51. The normalized spacial score (nSPS) is 19.1. The Labute approximate surface area is 133 Å². The Balaban J connectivity index is 2.43. The maximum atomic E-state index is 12.1. The molecule has 1 heterocycles. The second-order valence-electron chi connectivity index (χ2n) is 5.43. The fraction of sp³-hybridized carbons (Fsp3) is 0.857. The molecule has 0 aromatic rings. The Morgan fingerprint density at radius 3 is 2.65 bits per heavy atom. The van der Waals surface area contributed by atoms with E-state index in [-0.39, 0.29) is 25.8 Å². The molecule has 23 heavy (non-hydrogen) atoms. The van der Waals surface area contributed by atoms with Crippen LogP contribution in [0.1, 0.15) is 32.1 Å². The first kappa shape index (κ1) is 19.5. The number of hydrogen-bond donors (Lipinski definition) is 1. The standard InChI is InChI=1S/C14H23F3N2O4/c1-22-8-9-23-13(21)19-7-3-2-4-11(10-19)18-12(20)5-6-14(15,16)17/h11H,2-10H2,1H3,(H,18,20)/t11-/m0/s1. The van der Waals surface area contributed by atoms with Gasteiger partial charge in [0.1, 0.15) is 6.61 Å². The van der Waals surface area contributed by atoms with Crippen LogP contribution in [0.3, 0.4) is 0 Å². The van der Waals surface area contributed by atoms with Gasteiger partial charge < -0.3 is 19.7 Å². The summed E-state index contributed by atoms with van der Waals surface area (Å²) in [6.45, 7) is 1.16. The van der Waals surface area contributed by atoms with Crippen molar-refractivity contribution in [2.75, 3.05) is 33.4 Å². The molecule has 0 aliphatic carbocycles. The summed E-state index contributed by atoms with van der Waals surface area (Å²) in [6.07, 6.45) is -4.43. The molecule has 134 valence electrons. The molecule has 1 aliphatic rings. The SMILES string of the molecule is COCCOC(=O)N1CCCC[C@H](NC(=O)CCC(F)(F)F)C1. The number of carbonyl (C=O) groups excluding carboxylic acids is 2. The van der Waals surface area contributed by atoms with Gasteiger partial charge in [0.25, 0.3) is 0 Å². The average Bonchev–Trinajstić information content (AvgIpc) is 2.70. The molecule has 0 aromatic heterocycles. The molecule has 0 radical (unpaired) electrons. The predicted octanol–water partition coefficient (Wildman–Crippen LogP) is 2.08. The van der Waals surface area contributed by atoms with E-state index in [0.29, 0.717) is 13.0 Å². The second kappa shape index (κ2) is 9.59. The van der Waals surface area contributed by atoms with Crippen LogP contribution in [0.25, 0.3) is 0 Å². The van der Waals surface area contributed by atoms with Gasteiger partial charge in [-0.25, -0.2) is 4.79 Å². The van der Waals surface area contributed by atoms with Crippen molar-refractivity contribution in [1.29, 1.82) is 0 Å². The van der Waals surface area contributed by atoms with Crippen molar-refractivity contribution in [3.63, 3.8) is 0 Å². The zero-order valence-electron chi connectivity index (χ0n) is 13.2. The first-order valence-electron chi connectivity index (χ1n) is 7.58. The third kappa shape index (κ3) is 8.63. The number of ether oxygens (including phenoxy) is 2. The van der Waals surface area contributed by atoms with E-state index in [9.17, 15) is 22.8 Å². The zero-order valence-corrected chi connectivity index (χ0v) is 13.2. The molecule has 2 amide bonds. The van der Waals surface area contributed by atoms with E-state index >= 15 is 0 Å². The van der Waals surface area contributed by atoms with Gasteiger partial charge in [-0.2, -0.15) is 13.2 Å².